The molecular formula is C6H8O4. The fraction of sp³-hybridized carbons (Fsp3) is 0.167. The summed E-state index contributed by atoms with van der Waals surface area (Å²) in [7, 11) is 0. The third-order valence-electron chi connectivity index (χ3n) is 0.729. The van der Waals surface area contributed by atoms with Crippen molar-refractivity contribution in [1.29, 1.82) is 0 Å². The quantitative estimate of drug-likeness (QED) is 0.226. The molecule has 0 spiro atoms. The molecule has 0 heterocycles. The Morgan fingerprint density at radius 3 is 2.30 bits per heavy atom. The molecule has 0 aliphatic heterocycles. The topological polar surface area (TPSA) is 77.8 Å². The maximum Gasteiger partial charge on any atom is 0.184 e. The maximum atomic E-state index is 9.71. The molecule has 56 valence electrons. The lowest BCUT2D eigenvalue weighted by Gasteiger charge is -1.88. The molecule has 0 bridgehead atoms. The molecule has 0 aliphatic carbocycles. The number of aliphatic hydroxyl groups excluding tert-OH is 3. The van der Waals surface area contributed by atoms with Gasteiger partial charge in [0.15, 0.2) is 12.0 Å². The molecule has 0 saturated heterocycles. The summed E-state index contributed by atoms with van der Waals surface area (Å²) in [6.07, 6.45) is 2.24. The fourth-order valence-electron chi connectivity index (χ4n) is 0.274. The van der Waals surface area contributed by atoms with Gasteiger partial charge in [-0.15, -0.1) is 0 Å². The fourth-order valence-corrected chi connectivity index (χ4v) is 0.274. The van der Waals surface area contributed by atoms with E-state index in [0.29, 0.717) is 0 Å². The van der Waals surface area contributed by atoms with Crippen LogP contribution in [0.1, 0.15) is 0 Å². The highest BCUT2D eigenvalue weighted by atomic mass is 16.3. The molecule has 0 aromatic carbocycles. The Labute approximate surface area is 57.7 Å². The van der Waals surface area contributed by atoms with Crippen LogP contribution in [0, 0.1) is 0 Å². The van der Waals surface area contributed by atoms with Gasteiger partial charge in [-0.05, 0) is 12.2 Å². The lowest BCUT2D eigenvalue weighted by Crippen LogP contribution is -1.87. The molecule has 0 rings (SSSR count). The highest BCUT2D eigenvalue weighted by molar-refractivity contribution is 5.69. The Hall–Kier alpha value is -1.29. The first kappa shape index (κ1) is 8.71. The highest BCUT2D eigenvalue weighted by Crippen LogP contribution is 1.89. The highest BCUT2D eigenvalue weighted by Gasteiger charge is 1.86. The van der Waals surface area contributed by atoms with Gasteiger partial charge >= 0.3 is 0 Å². The van der Waals surface area contributed by atoms with E-state index in [2.05, 4.69) is 0 Å². The summed E-state index contributed by atoms with van der Waals surface area (Å²) in [6, 6.07) is 0. The van der Waals surface area contributed by atoms with Gasteiger partial charge in [0.1, 0.15) is 12.4 Å². The van der Waals surface area contributed by atoms with Gasteiger partial charge in [0.25, 0.3) is 0 Å². The van der Waals surface area contributed by atoms with Crippen molar-refractivity contribution in [3.63, 3.8) is 0 Å². The Morgan fingerprint density at radius 1 is 1.30 bits per heavy atom. The number of allylic oxidation sites excluding steroid dienone is 3. The molecule has 0 aliphatic rings. The van der Waals surface area contributed by atoms with E-state index in [1.807, 2.05) is 0 Å². The van der Waals surface area contributed by atoms with Crippen LogP contribution >= 0.6 is 0 Å². The summed E-state index contributed by atoms with van der Waals surface area (Å²) < 4.78 is 0. The Morgan fingerprint density at radius 2 is 1.90 bits per heavy atom. The third-order valence-corrected chi connectivity index (χ3v) is 0.729. The molecule has 0 aromatic rings. The number of carbonyl (C=O) groups excluding carboxylic acids is 1. The van der Waals surface area contributed by atoms with Crippen LogP contribution in [-0.4, -0.2) is 28.2 Å². The molecule has 0 radical (unpaired) electrons. The molecule has 0 amide bonds. The molecule has 0 aromatic heterocycles. The van der Waals surface area contributed by atoms with Crippen molar-refractivity contribution in [2.24, 2.45) is 0 Å². The zero-order valence-electron chi connectivity index (χ0n) is 5.19. The van der Waals surface area contributed by atoms with Gasteiger partial charge in [-0.25, -0.2) is 0 Å². The first-order chi connectivity index (χ1) is 4.70. The summed E-state index contributed by atoms with van der Waals surface area (Å²) in [6.45, 7) is -0.511. The van der Waals surface area contributed by atoms with Crippen LogP contribution in [0.4, 0.5) is 0 Å². The van der Waals surface area contributed by atoms with E-state index in [1.54, 1.807) is 0 Å². The number of hydrogen-bond donors (Lipinski definition) is 3. The maximum absolute atomic E-state index is 9.71. The molecular weight excluding hydrogens is 136 g/mol. The Bertz CT molecular complexity index is 169. The van der Waals surface area contributed by atoms with E-state index < -0.39 is 12.4 Å². The number of hydrogen-bond acceptors (Lipinski definition) is 4. The summed E-state index contributed by atoms with van der Waals surface area (Å²) in [5.41, 5.74) is 0. The van der Waals surface area contributed by atoms with Crippen LogP contribution < -0.4 is 0 Å². The molecule has 0 atom stereocenters. The largest absolute Gasteiger partial charge is 0.510 e. The van der Waals surface area contributed by atoms with E-state index in [-0.39, 0.29) is 12.0 Å². The van der Waals surface area contributed by atoms with Gasteiger partial charge in [-0.1, -0.05) is 0 Å². The number of aliphatic hydroxyl groups is 3. The van der Waals surface area contributed by atoms with Crippen LogP contribution in [0.3, 0.4) is 0 Å². The predicted octanol–water partition coefficient (Wildman–Crippen LogP) is 0.0614. The van der Waals surface area contributed by atoms with Gasteiger partial charge in [0, 0.05) is 0 Å². The summed E-state index contributed by atoms with van der Waals surface area (Å²) >= 11 is 0. The second kappa shape index (κ2) is 4.58. The van der Waals surface area contributed by atoms with Crippen molar-refractivity contribution in [3.8, 4) is 0 Å². The average molecular weight is 144 g/mol. The number of aldehydes is 1. The van der Waals surface area contributed by atoms with E-state index in [4.69, 9.17) is 15.3 Å². The first-order valence-corrected chi connectivity index (χ1v) is 2.55. The molecule has 0 saturated carbocycles. The van der Waals surface area contributed by atoms with Gasteiger partial charge in [-0.2, -0.15) is 0 Å². The average Bonchev–Trinajstić information content (AvgIpc) is 1.99. The third kappa shape index (κ3) is 3.68. The Balaban J connectivity index is 4.03. The van der Waals surface area contributed by atoms with Crippen LogP contribution in [0.15, 0.2) is 23.7 Å². The molecule has 4 nitrogen and oxygen atoms in total. The van der Waals surface area contributed by atoms with E-state index in [9.17, 15) is 4.79 Å². The van der Waals surface area contributed by atoms with E-state index in [1.165, 1.54) is 0 Å². The van der Waals surface area contributed by atoms with Crippen molar-refractivity contribution in [2.75, 3.05) is 6.61 Å². The SMILES string of the molecule is O=CC(O)=CC=C(O)CO. The number of carbonyl (C=O) groups is 1. The van der Waals surface area contributed by atoms with Crippen molar-refractivity contribution in [2.45, 2.75) is 0 Å². The van der Waals surface area contributed by atoms with Crippen LogP contribution in [0.5, 0.6) is 0 Å². The molecule has 0 fully saturated rings. The smallest absolute Gasteiger partial charge is 0.184 e. The first-order valence-electron chi connectivity index (χ1n) is 2.55. The van der Waals surface area contributed by atoms with Gasteiger partial charge < -0.3 is 15.3 Å². The second-order valence-corrected chi connectivity index (χ2v) is 1.53. The van der Waals surface area contributed by atoms with E-state index in [0.717, 1.165) is 12.2 Å². The van der Waals surface area contributed by atoms with Crippen molar-refractivity contribution in [1.82, 2.24) is 0 Å². The minimum absolute atomic E-state index is 0.223. The van der Waals surface area contributed by atoms with Crippen molar-refractivity contribution < 1.29 is 20.1 Å². The van der Waals surface area contributed by atoms with Gasteiger partial charge in [0.2, 0.25) is 0 Å². The van der Waals surface area contributed by atoms with Crippen molar-refractivity contribution >= 4 is 6.29 Å². The summed E-state index contributed by atoms with van der Waals surface area (Å²) in [5.74, 6) is -0.812. The van der Waals surface area contributed by atoms with E-state index >= 15 is 0 Å². The predicted molar refractivity (Wildman–Crippen MR) is 34.6 cm³/mol. The zero-order valence-corrected chi connectivity index (χ0v) is 5.19. The standard InChI is InChI=1S/C6H8O4/c7-3-5(9)1-2-6(10)4-8/h1-3,8-10H,4H2. The summed E-state index contributed by atoms with van der Waals surface area (Å²) in [5, 5.41) is 25.2. The van der Waals surface area contributed by atoms with Crippen LogP contribution in [0.2, 0.25) is 0 Å². The minimum Gasteiger partial charge on any atom is -0.510 e. The zero-order chi connectivity index (χ0) is 7.98. The normalized spacial score (nSPS) is 13.3. The molecule has 10 heavy (non-hydrogen) atoms. The minimum atomic E-state index is -0.511. The number of rotatable bonds is 3. The van der Waals surface area contributed by atoms with Gasteiger partial charge in [-0.3, -0.25) is 4.79 Å². The summed E-state index contributed by atoms with van der Waals surface area (Å²) in [4.78, 5) is 9.71. The second-order valence-electron chi connectivity index (χ2n) is 1.53. The molecule has 0 unspecified atom stereocenters. The van der Waals surface area contributed by atoms with Crippen molar-refractivity contribution in [3.05, 3.63) is 23.7 Å². The molecule has 3 N–H and O–H groups in total. The van der Waals surface area contributed by atoms with Crippen LogP contribution in [-0.2, 0) is 4.79 Å². The molecule has 4 heteroatoms. The lowest BCUT2D eigenvalue weighted by atomic mass is 10.4. The van der Waals surface area contributed by atoms with Gasteiger partial charge in [0.05, 0.1) is 0 Å². The lowest BCUT2D eigenvalue weighted by molar-refractivity contribution is -0.106. The Kier molecular flexibility index (Phi) is 3.99. The van der Waals surface area contributed by atoms with Crippen LogP contribution in [0.25, 0.3) is 0 Å². The monoisotopic (exact) mass is 144 g/mol.